The summed E-state index contributed by atoms with van der Waals surface area (Å²) in [7, 11) is 1.46. The molecule has 0 amide bonds. The molecule has 0 radical (unpaired) electrons. The van der Waals surface area contributed by atoms with Crippen LogP contribution < -0.4 is 0 Å². The summed E-state index contributed by atoms with van der Waals surface area (Å²) in [5.41, 5.74) is 0.888. The van der Waals surface area contributed by atoms with Gasteiger partial charge < -0.3 is 0 Å². The Labute approximate surface area is 81.1 Å². The van der Waals surface area contributed by atoms with E-state index >= 15 is 0 Å². The third-order valence-electron chi connectivity index (χ3n) is 1.74. The molecule has 1 aromatic rings. The molecule has 0 saturated carbocycles. The lowest BCUT2D eigenvalue weighted by Crippen LogP contribution is -2.30. The molecule has 0 aliphatic heterocycles. The first-order chi connectivity index (χ1) is 6.47. The SMILES string of the molecule is CN(Cc1ccccc1)CC(F)(F)F. The average Bonchev–Trinajstić information content (AvgIpc) is 2.02. The lowest BCUT2D eigenvalue weighted by Gasteiger charge is -2.18. The number of halogens is 3. The van der Waals surface area contributed by atoms with Gasteiger partial charge in [-0.25, -0.2) is 0 Å². The summed E-state index contributed by atoms with van der Waals surface area (Å²) in [5.74, 6) is 0. The molecular weight excluding hydrogens is 191 g/mol. The normalized spacial score (nSPS) is 12.1. The highest BCUT2D eigenvalue weighted by Crippen LogP contribution is 2.16. The largest absolute Gasteiger partial charge is 0.401 e. The van der Waals surface area contributed by atoms with Crippen molar-refractivity contribution in [2.75, 3.05) is 13.6 Å². The number of nitrogens with zero attached hydrogens (tertiary/aromatic N) is 1. The number of hydrogen-bond acceptors (Lipinski definition) is 1. The third kappa shape index (κ3) is 4.28. The smallest absolute Gasteiger partial charge is 0.294 e. The molecule has 4 heteroatoms. The van der Waals surface area contributed by atoms with Gasteiger partial charge in [0.05, 0.1) is 6.54 Å². The zero-order valence-electron chi connectivity index (χ0n) is 7.88. The first kappa shape index (κ1) is 11.0. The fourth-order valence-electron chi connectivity index (χ4n) is 1.26. The highest BCUT2D eigenvalue weighted by molar-refractivity contribution is 5.14. The molecule has 0 aliphatic rings. The van der Waals surface area contributed by atoms with Crippen molar-refractivity contribution in [3.8, 4) is 0 Å². The van der Waals surface area contributed by atoms with E-state index in [1.54, 1.807) is 0 Å². The van der Waals surface area contributed by atoms with E-state index in [-0.39, 0.29) is 0 Å². The van der Waals surface area contributed by atoms with E-state index < -0.39 is 12.7 Å². The van der Waals surface area contributed by atoms with Crippen molar-refractivity contribution in [3.63, 3.8) is 0 Å². The van der Waals surface area contributed by atoms with Crippen LogP contribution in [0.5, 0.6) is 0 Å². The second-order valence-electron chi connectivity index (χ2n) is 3.27. The summed E-state index contributed by atoms with van der Waals surface area (Å²) < 4.78 is 35.9. The maximum Gasteiger partial charge on any atom is 0.401 e. The van der Waals surface area contributed by atoms with Crippen molar-refractivity contribution in [1.29, 1.82) is 0 Å². The Balaban J connectivity index is 2.46. The van der Waals surface area contributed by atoms with Crippen LogP contribution in [0.2, 0.25) is 0 Å². The fraction of sp³-hybridized carbons (Fsp3) is 0.400. The van der Waals surface area contributed by atoms with Crippen LogP contribution in [0.25, 0.3) is 0 Å². The van der Waals surface area contributed by atoms with Crippen molar-refractivity contribution in [1.82, 2.24) is 4.90 Å². The van der Waals surface area contributed by atoms with E-state index in [1.165, 1.54) is 11.9 Å². The standard InChI is InChI=1S/C10H12F3N/c1-14(8-10(11,12)13)7-9-5-3-2-4-6-9/h2-6H,7-8H2,1H3. The molecule has 1 aromatic carbocycles. The van der Waals surface area contributed by atoms with Gasteiger partial charge in [-0.05, 0) is 12.6 Å². The van der Waals surface area contributed by atoms with Gasteiger partial charge >= 0.3 is 6.18 Å². The number of alkyl halides is 3. The lowest BCUT2D eigenvalue weighted by atomic mass is 10.2. The van der Waals surface area contributed by atoms with Crippen LogP contribution in [0.3, 0.4) is 0 Å². The minimum absolute atomic E-state index is 0.320. The fourth-order valence-corrected chi connectivity index (χ4v) is 1.26. The molecule has 0 bridgehead atoms. The molecule has 0 aliphatic carbocycles. The van der Waals surface area contributed by atoms with Crippen LogP contribution in [0, 0.1) is 0 Å². The van der Waals surface area contributed by atoms with Gasteiger partial charge in [0.25, 0.3) is 0 Å². The van der Waals surface area contributed by atoms with Gasteiger partial charge in [-0.3, -0.25) is 4.90 Å². The Morgan fingerprint density at radius 2 is 1.71 bits per heavy atom. The number of hydrogen-bond donors (Lipinski definition) is 0. The minimum Gasteiger partial charge on any atom is -0.294 e. The molecule has 14 heavy (non-hydrogen) atoms. The van der Waals surface area contributed by atoms with Crippen LogP contribution in [0.1, 0.15) is 5.56 Å². The molecule has 0 heterocycles. The Hall–Kier alpha value is -1.03. The lowest BCUT2D eigenvalue weighted by molar-refractivity contribution is -0.144. The molecule has 1 rings (SSSR count). The maximum absolute atomic E-state index is 12.0. The van der Waals surface area contributed by atoms with E-state index in [2.05, 4.69) is 0 Å². The van der Waals surface area contributed by atoms with Gasteiger partial charge in [0, 0.05) is 6.54 Å². The van der Waals surface area contributed by atoms with Crippen LogP contribution in [-0.4, -0.2) is 24.7 Å². The van der Waals surface area contributed by atoms with Gasteiger partial charge in [-0.1, -0.05) is 30.3 Å². The van der Waals surface area contributed by atoms with E-state index in [9.17, 15) is 13.2 Å². The van der Waals surface area contributed by atoms with Gasteiger partial charge in [0.1, 0.15) is 0 Å². The van der Waals surface area contributed by atoms with E-state index in [1.807, 2.05) is 30.3 Å². The van der Waals surface area contributed by atoms with Gasteiger partial charge in [0.2, 0.25) is 0 Å². The van der Waals surface area contributed by atoms with Crippen molar-refractivity contribution < 1.29 is 13.2 Å². The molecule has 0 atom stereocenters. The molecule has 0 N–H and O–H groups in total. The predicted molar refractivity (Wildman–Crippen MR) is 48.8 cm³/mol. The number of benzene rings is 1. The van der Waals surface area contributed by atoms with E-state index in [4.69, 9.17) is 0 Å². The molecule has 0 aromatic heterocycles. The highest BCUT2D eigenvalue weighted by atomic mass is 19.4. The Kier molecular flexibility index (Phi) is 3.52. The second kappa shape index (κ2) is 4.46. The predicted octanol–water partition coefficient (Wildman–Crippen LogP) is 2.68. The van der Waals surface area contributed by atoms with Crippen molar-refractivity contribution >= 4 is 0 Å². The molecule has 0 saturated heterocycles. The maximum atomic E-state index is 12.0. The number of rotatable bonds is 3. The minimum atomic E-state index is -4.12. The molecule has 78 valence electrons. The van der Waals surface area contributed by atoms with E-state index in [0.717, 1.165) is 5.56 Å². The Morgan fingerprint density at radius 1 is 1.14 bits per heavy atom. The van der Waals surface area contributed by atoms with Crippen LogP contribution in [0.15, 0.2) is 30.3 Å². The highest BCUT2D eigenvalue weighted by Gasteiger charge is 2.28. The molecule has 1 nitrogen and oxygen atoms in total. The summed E-state index contributed by atoms with van der Waals surface area (Å²) >= 11 is 0. The van der Waals surface area contributed by atoms with Crippen molar-refractivity contribution in [2.24, 2.45) is 0 Å². The first-order valence-electron chi connectivity index (χ1n) is 4.26. The van der Waals surface area contributed by atoms with Crippen molar-refractivity contribution in [3.05, 3.63) is 35.9 Å². The van der Waals surface area contributed by atoms with Crippen molar-refractivity contribution in [2.45, 2.75) is 12.7 Å². The summed E-state index contributed by atoms with van der Waals surface area (Å²) in [6.07, 6.45) is -4.12. The first-order valence-corrected chi connectivity index (χ1v) is 4.26. The summed E-state index contributed by atoms with van der Waals surface area (Å²) in [6, 6.07) is 9.10. The average molecular weight is 203 g/mol. The van der Waals surface area contributed by atoms with Crippen LogP contribution in [0.4, 0.5) is 13.2 Å². The van der Waals surface area contributed by atoms with Crippen LogP contribution in [-0.2, 0) is 6.54 Å². The monoisotopic (exact) mass is 203 g/mol. The summed E-state index contributed by atoms with van der Waals surface area (Å²) in [6.45, 7) is -0.553. The second-order valence-corrected chi connectivity index (χ2v) is 3.27. The Bertz CT molecular complexity index is 268. The summed E-state index contributed by atoms with van der Waals surface area (Å²) in [5, 5.41) is 0. The zero-order valence-corrected chi connectivity index (χ0v) is 7.88. The van der Waals surface area contributed by atoms with Gasteiger partial charge in [0.15, 0.2) is 0 Å². The molecule has 0 fully saturated rings. The summed E-state index contributed by atoms with van der Waals surface area (Å²) in [4.78, 5) is 1.25. The molecular formula is C10H12F3N. The van der Waals surface area contributed by atoms with Gasteiger partial charge in [-0.15, -0.1) is 0 Å². The van der Waals surface area contributed by atoms with Gasteiger partial charge in [-0.2, -0.15) is 13.2 Å². The quantitative estimate of drug-likeness (QED) is 0.730. The molecule has 0 spiro atoms. The van der Waals surface area contributed by atoms with Crippen LogP contribution >= 0.6 is 0 Å². The Morgan fingerprint density at radius 3 is 2.21 bits per heavy atom. The third-order valence-corrected chi connectivity index (χ3v) is 1.74. The van der Waals surface area contributed by atoms with E-state index in [0.29, 0.717) is 6.54 Å². The molecule has 0 unspecified atom stereocenters. The zero-order chi connectivity index (χ0) is 10.6. The topological polar surface area (TPSA) is 3.24 Å².